The number of hydrogen-bond donors (Lipinski definition) is 0. The molecule has 17 heavy (non-hydrogen) atoms. The van der Waals surface area contributed by atoms with Crippen molar-refractivity contribution in [3.63, 3.8) is 0 Å². The molecule has 1 aliphatic heterocycles. The van der Waals surface area contributed by atoms with Crippen LogP contribution in [0, 0.1) is 6.92 Å². The van der Waals surface area contributed by atoms with Gasteiger partial charge in [0.05, 0.1) is 24.3 Å². The van der Waals surface area contributed by atoms with E-state index in [4.69, 9.17) is 16.3 Å². The number of hydrogen-bond acceptors (Lipinski definition) is 3. The first-order valence-corrected chi connectivity index (χ1v) is 6.12. The summed E-state index contributed by atoms with van der Waals surface area (Å²) in [4.78, 5) is 14.0. The van der Waals surface area contributed by atoms with Gasteiger partial charge < -0.3 is 9.64 Å². The molecule has 0 radical (unpaired) electrons. The third-order valence-corrected chi connectivity index (χ3v) is 3.16. The smallest absolute Gasteiger partial charge is 0.272 e. The minimum Gasteiger partial charge on any atom is -0.373 e. The molecule has 94 valence electrons. The monoisotopic (exact) mass is 257 g/mol. The average Bonchev–Trinajstić information content (AvgIpc) is 2.67. The average molecular weight is 258 g/mol. The van der Waals surface area contributed by atoms with Gasteiger partial charge >= 0.3 is 0 Å². The number of amides is 1. The van der Waals surface area contributed by atoms with Crippen LogP contribution in [0.25, 0.3) is 0 Å². The third kappa shape index (κ3) is 2.61. The summed E-state index contributed by atoms with van der Waals surface area (Å²) in [5.41, 5.74) is 1.45. The van der Waals surface area contributed by atoms with Gasteiger partial charge in [0, 0.05) is 20.1 Å². The molecule has 0 saturated carbocycles. The van der Waals surface area contributed by atoms with Crippen molar-refractivity contribution >= 4 is 17.5 Å². The summed E-state index contributed by atoms with van der Waals surface area (Å²) < 4.78 is 7.04. The maximum absolute atomic E-state index is 12.3. The Morgan fingerprint density at radius 1 is 1.71 bits per heavy atom. The van der Waals surface area contributed by atoms with E-state index in [0.29, 0.717) is 31.3 Å². The molecule has 1 saturated heterocycles. The van der Waals surface area contributed by atoms with E-state index in [1.807, 2.05) is 6.92 Å². The van der Waals surface area contributed by atoms with Gasteiger partial charge in [0.25, 0.3) is 5.91 Å². The van der Waals surface area contributed by atoms with Crippen molar-refractivity contribution in [2.24, 2.45) is 7.05 Å². The van der Waals surface area contributed by atoms with Crippen molar-refractivity contribution in [3.05, 3.63) is 17.5 Å². The molecule has 0 spiro atoms. The molecule has 1 amide bonds. The van der Waals surface area contributed by atoms with Crippen molar-refractivity contribution < 1.29 is 9.53 Å². The van der Waals surface area contributed by atoms with Crippen LogP contribution in [0.5, 0.6) is 0 Å². The molecule has 1 unspecified atom stereocenters. The maximum Gasteiger partial charge on any atom is 0.272 e. The molecule has 2 rings (SSSR count). The van der Waals surface area contributed by atoms with Crippen LogP contribution in [-0.4, -0.2) is 52.3 Å². The number of nitrogens with zero attached hydrogens (tertiary/aromatic N) is 3. The maximum atomic E-state index is 12.3. The zero-order chi connectivity index (χ0) is 12.4. The van der Waals surface area contributed by atoms with E-state index in [1.165, 1.54) is 0 Å². The predicted octanol–water partition coefficient (Wildman–Crippen LogP) is 0.808. The van der Waals surface area contributed by atoms with Crippen molar-refractivity contribution in [2.45, 2.75) is 13.0 Å². The number of morpholine rings is 1. The molecule has 1 aromatic heterocycles. The first-order chi connectivity index (χ1) is 8.11. The number of ether oxygens (including phenoxy) is 1. The number of aryl methyl sites for hydroxylation is 2. The zero-order valence-corrected chi connectivity index (χ0v) is 10.8. The summed E-state index contributed by atoms with van der Waals surface area (Å²) in [5.74, 6) is 0.403. The number of aromatic nitrogens is 2. The Labute approximate surface area is 105 Å². The number of carbonyl (C=O) groups is 1. The van der Waals surface area contributed by atoms with E-state index >= 15 is 0 Å². The quantitative estimate of drug-likeness (QED) is 0.737. The number of halogens is 1. The molecule has 6 heteroatoms. The highest BCUT2D eigenvalue weighted by Crippen LogP contribution is 2.12. The van der Waals surface area contributed by atoms with Crippen LogP contribution in [0.4, 0.5) is 0 Å². The van der Waals surface area contributed by atoms with E-state index in [-0.39, 0.29) is 12.0 Å². The van der Waals surface area contributed by atoms with Crippen molar-refractivity contribution in [1.29, 1.82) is 0 Å². The van der Waals surface area contributed by atoms with Gasteiger partial charge in [-0.1, -0.05) is 0 Å². The minimum atomic E-state index is -0.0660. The van der Waals surface area contributed by atoms with Crippen LogP contribution in [0.15, 0.2) is 6.07 Å². The Balaban J connectivity index is 2.12. The number of alkyl halides is 1. The van der Waals surface area contributed by atoms with E-state index in [0.717, 1.165) is 5.69 Å². The second-order valence-corrected chi connectivity index (χ2v) is 4.50. The van der Waals surface area contributed by atoms with Crippen molar-refractivity contribution in [2.75, 3.05) is 25.6 Å². The zero-order valence-electron chi connectivity index (χ0n) is 10.0. The molecular formula is C11H16ClN3O2. The molecule has 1 aliphatic rings. The third-order valence-electron chi connectivity index (χ3n) is 2.82. The lowest BCUT2D eigenvalue weighted by Crippen LogP contribution is -2.46. The summed E-state index contributed by atoms with van der Waals surface area (Å²) >= 11 is 5.75. The Hall–Kier alpha value is -1.07. The van der Waals surface area contributed by atoms with Gasteiger partial charge in [0.1, 0.15) is 5.69 Å². The Bertz CT molecular complexity index is 419. The fraction of sp³-hybridized carbons (Fsp3) is 0.636. The molecule has 0 aliphatic carbocycles. The second-order valence-electron chi connectivity index (χ2n) is 4.19. The lowest BCUT2D eigenvalue weighted by Gasteiger charge is -2.31. The molecular weight excluding hydrogens is 242 g/mol. The van der Waals surface area contributed by atoms with E-state index in [1.54, 1.807) is 22.7 Å². The standard InChI is InChI=1S/C11H16ClN3O2/c1-8-5-10(14(2)13-8)11(16)15-3-4-17-9(6-12)7-15/h5,9H,3-4,6-7H2,1-2H3. The largest absolute Gasteiger partial charge is 0.373 e. The van der Waals surface area contributed by atoms with Gasteiger partial charge in [-0.15, -0.1) is 11.6 Å². The highest BCUT2D eigenvalue weighted by molar-refractivity contribution is 6.18. The van der Waals surface area contributed by atoms with Crippen LogP contribution in [0.1, 0.15) is 16.2 Å². The van der Waals surface area contributed by atoms with Gasteiger partial charge in [-0.05, 0) is 13.0 Å². The molecule has 1 aromatic rings. The molecule has 0 N–H and O–H groups in total. The minimum absolute atomic E-state index is 0.00785. The van der Waals surface area contributed by atoms with Gasteiger partial charge in [-0.2, -0.15) is 5.10 Å². The molecule has 0 aromatic carbocycles. The molecule has 0 bridgehead atoms. The highest BCUT2D eigenvalue weighted by atomic mass is 35.5. The van der Waals surface area contributed by atoms with Gasteiger partial charge in [0.2, 0.25) is 0 Å². The predicted molar refractivity (Wildman–Crippen MR) is 64.3 cm³/mol. The fourth-order valence-corrected chi connectivity index (χ4v) is 2.16. The van der Waals surface area contributed by atoms with Crippen LogP contribution in [0.2, 0.25) is 0 Å². The number of carbonyl (C=O) groups excluding carboxylic acids is 1. The lowest BCUT2D eigenvalue weighted by molar-refractivity contribution is -0.0112. The van der Waals surface area contributed by atoms with Crippen LogP contribution < -0.4 is 0 Å². The van der Waals surface area contributed by atoms with Crippen LogP contribution in [0.3, 0.4) is 0 Å². The molecule has 5 nitrogen and oxygen atoms in total. The van der Waals surface area contributed by atoms with Gasteiger partial charge in [-0.25, -0.2) is 0 Å². The summed E-state index contributed by atoms with van der Waals surface area (Å²) in [6, 6.07) is 1.80. The Morgan fingerprint density at radius 3 is 3.06 bits per heavy atom. The van der Waals surface area contributed by atoms with Gasteiger partial charge in [-0.3, -0.25) is 9.48 Å². The topological polar surface area (TPSA) is 47.4 Å². The SMILES string of the molecule is Cc1cc(C(=O)N2CCOC(CCl)C2)n(C)n1. The molecule has 1 fully saturated rings. The van der Waals surface area contributed by atoms with Crippen molar-refractivity contribution in [3.8, 4) is 0 Å². The summed E-state index contributed by atoms with van der Waals surface area (Å²) in [7, 11) is 1.78. The van der Waals surface area contributed by atoms with Crippen molar-refractivity contribution in [1.82, 2.24) is 14.7 Å². The highest BCUT2D eigenvalue weighted by Gasteiger charge is 2.26. The van der Waals surface area contributed by atoms with Crippen LogP contribution in [-0.2, 0) is 11.8 Å². The molecule has 2 heterocycles. The normalized spacial score (nSPS) is 20.6. The Kier molecular flexibility index (Phi) is 3.69. The van der Waals surface area contributed by atoms with Gasteiger partial charge in [0.15, 0.2) is 0 Å². The number of rotatable bonds is 2. The van der Waals surface area contributed by atoms with E-state index < -0.39 is 0 Å². The Morgan fingerprint density at radius 2 is 2.47 bits per heavy atom. The summed E-state index contributed by atoms with van der Waals surface area (Å²) in [6.45, 7) is 3.57. The fourth-order valence-electron chi connectivity index (χ4n) is 1.97. The van der Waals surface area contributed by atoms with E-state index in [2.05, 4.69) is 5.10 Å². The van der Waals surface area contributed by atoms with E-state index in [9.17, 15) is 4.79 Å². The lowest BCUT2D eigenvalue weighted by atomic mass is 10.2. The van der Waals surface area contributed by atoms with Crippen LogP contribution >= 0.6 is 11.6 Å². The summed E-state index contributed by atoms with van der Waals surface area (Å²) in [5, 5.41) is 4.18. The summed E-state index contributed by atoms with van der Waals surface area (Å²) in [6.07, 6.45) is -0.0660. The first kappa shape index (κ1) is 12.4. The first-order valence-electron chi connectivity index (χ1n) is 5.59. The molecule has 1 atom stereocenters. The second kappa shape index (κ2) is 5.06.